The molecule has 9 heteroatoms. The van der Waals surface area contributed by atoms with E-state index in [0.717, 1.165) is 25.7 Å². The molecule has 0 aromatic carbocycles. The number of phosphoric acid groups is 1. The van der Waals surface area contributed by atoms with Gasteiger partial charge < -0.3 is 30.0 Å². The average molecular weight is 640 g/mol. The summed E-state index contributed by atoms with van der Waals surface area (Å²) < 4.78 is 8.88. The maximum Gasteiger partial charge on any atom is 0.466 e. The molecule has 6 N–H and O–H groups in total. The van der Waals surface area contributed by atoms with Crippen molar-refractivity contribution in [1.29, 1.82) is 0 Å². The number of rotatable bonds is 32. The number of hydrogen-bond donors (Lipinski definition) is 6. The second-order valence-electron chi connectivity index (χ2n) is 12.6. The molecule has 43 heavy (non-hydrogen) atoms. The summed E-state index contributed by atoms with van der Waals surface area (Å²) in [5.41, 5.74) is -0.289. The van der Waals surface area contributed by atoms with Gasteiger partial charge in [-0.25, -0.2) is 4.57 Å². The maximum absolute atomic E-state index is 10.5. The van der Waals surface area contributed by atoms with E-state index in [-0.39, 0.29) is 25.4 Å². The van der Waals surface area contributed by atoms with Crippen LogP contribution >= 0.6 is 7.82 Å². The first-order chi connectivity index (χ1) is 20.7. The number of nitrogens with zero attached hydrogens (tertiary/aromatic N) is 1. The number of aliphatic hydroxyl groups is 3. The molecule has 0 bridgehead atoms. The zero-order valence-electron chi connectivity index (χ0n) is 28.4. The highest BCUT2D eigenvalue weighted by Crippen LogP contribution is 2.30. The first-order valence-corrected chi connectivity index (χ1v) is 19.6. The molecule has 0 unspecified atom stereocenters. The first-order valence-electron chi connectivity index (χ1n) is 18.1. The standard InChI is InChI=1S/C34H71NO3.H3O4P/c1-3-5-7-9-11-13-15-17-19-21-23-25-27-34(33-38,35(29-31-36)30-32-37)28-26-24-22-20-18-16-14-12-10-8-6-4-2;1-5(2,3)4/h36-38H,3-33H2,1-2H3;(H3,1,2,3,4). The predicted octanol–water partition coefficient (Wildman–Crippen LogP) is 8.26. The molecule has 0 aliphatic heterocycles. The van der Waals surface area contributed by atoms with Crippen molar-refractivity contribution < 1.29 is 34.6 Å². The molecule has 0 atom stereocenters. The van der Waals surface area contributed by atoms with Crippen LogP contribution in [0.1, 0.15) is 181 Å². The Morgan fingerprint density at radius 1 is 0.465 bits per heavy atom. The summed E-state index contributed by atoms with van der Waals surface area (Å²) in [7, 11) is -4.64. The van der Waals surface area contributed by atoms with Crippen LogP contribution in [-0.4, -0.2) is 73.3 Å². The van der Waals surface area contributed by atoms with Crippen LogP contribution in [0.4, 0.5) is 0 Å². The fourth-order valence-corrected chi connectivity index (χ4v) is 6.12. The number of β-amino-alcohol motifs (C(OH)–C–C–N with tert-alkyl or cyclic N) is 2. The van der Waals surface area contributed by atoms with Gasteiger partial charge in [0, 0.05) is 18.6 Å². The lowest BCUT2D eigenvalue weighted by Crippen LogP contribution is -2.53. The van der Waals surface area contributed by atoms with Crippen molar-refractivity contribution >= 4 is 7.82 Å². The van der Waals surface area contributed by atoms with E-state index in [1.54, 1.807) is 0 Å². The van der Waals surface area contributed by atoms with Crippen molar-refractivity contribution in [3.8, 4) is 0 Å². The van der Waals surface area contributed by atoms with E-state index in [1.165, 1.54) is 141 Å². The Kier molecular flexibility index (Phi) is 34.9. The molecular weight excluding hydrogens is 565 g/mol. The van der Waals surface area contributed by atoms with Crippen LogP contribution in [0.5, 0.6) is 0 Å². The largest absolute Gasteiger partial charge is 0.466 e. The predicted molar refractivity (Wildman–Crippen MR) is 181 cm³/mol. The van der Waals surface area contributed by atoms with Crippen molar-refractivity contribution in [3.05, 3.63) is 0 Å². The summed E-state index contributed by atoms with van der Waals surface area (Å²) >= 11 is 0. The smallest absolute Gasteiger partial charge is 0.395 e. The Hall–Kier alpha value is -0.0500. The minimum Gasteiger partial charge on any atom is -0.395 e. The van der Waals surface area contributed by atoms with E-state index in [0.29, 0.717) is 13.1 Å². The van der Waals surface area contributed by atoms with Gasteiger partial charge in [0.2, 0.25) is 0 Å². The van der Waals surface area contributed by atoms with Gasteiger partial charge in [-0.3, -0.25) is 4.90 Å². The third kappa shape index (κ3) is 33.1. The maximum atomic E-state index is 10.5. The van der Waals surface area contributed by atoms with Gasteiger partial charge >= 0.3 is 7.82 Å². The van der Waals surface area contributed by atoms with E-state index in [4.69, 9.17) is 19.2 Å². The van der Waals surface area contributed by atoms with Crippen molar-refractivity contribution in [1.82, 2.24) is 4.90 Å². The molecule has 0 aromatic rings. The molecule has 0 spiro atoms. The van der Waals surface area contributed by atoms with E-state index in [9.17, 15) is 15.3 Å². The lowest BCUT2D eigenvalue weighted by molar-refractivity contribution is -0.00725. The van der Waals surface area contributed by atoms with Gasteiger partial charge in [0.05, 0.1) is 19.8 Å². The topological polar surface area (TPSA) is 142 Å². The van der Waals surface area contributed by atoms with Crippen LogP contribution in [0.25, 0.3) is 0 Å². The molecule has 0 aromatic heterocycles. The molecule has 0 aliphatic rings. The van der Waals surface area contributed by atoms with Gasteiger partial charge in [0.15, 0.2) is 0 Å². The average Bonchev–Trinajstić information content (AvgIpc) is 2.96. The van der Waals surface area contributed by atoms with Crippen molar-refractivity contribution in [2.24, 2.45) is 0 Å². The summed E-state index contributed by atoms with van der Waals surface area (Å²) in [6, 6.07) is 0. The van der Waals surface area contributed by atoms with Gasteiger partial charge in [-0.1, -0.05) is 168 Å². The Morgan fingerprint density at radius 3 is 0.907 bits per heavy atom. The summed E-state index contributed by atoms with van der Waals surface area (Å²) in [6.07, 6.45) is 34.1. The molecule has 262 valence electrons. The van der Waals surface area contributed by atoms with E-state index in [2.05, 4.69) is 18.7 Å². The number of unbranched alkanes of at least 4 members (excludes halogenated alkanes) is 22. The lowest BCUT2D eigenvalue weighted by atomic mass is 9.84. The summed E-state index contributed by atoms with van der Waals surface area (Å²) in [4.78, 5) is 23.7. The van der Waals surface area contributed by atoms with Crippen LogP contribution < -0.4 is 0 Å². The highest BCUT2D eigenvalue weighted by molar-refractivity contribution is 7.45. The SMILES string of the molecule is CCCCCCCCCCCCCCC(CO)(CCCCCCCCCCCCCC)N(CCO)CCO.O=P(O)(O)O. The van der Waals surface area contributed by atoms with Gasteiger partial charge in [-0.15, -0.1) is 0 Å². The molecule has 0 saturated carbocycles. The van der Waals surface area contributed by atoms with Crippen molar-refractivity contribution in [2.45, 2.75) is 186 Å². The zero-order chi connectivity index (χ0) is 32.5. The summed E-state index contributed by atoms with van der Waals surface area (Å²) in [5, 5.41) is 29.9. The van der Waals surface area contributed by atoms with Gasteiger partial charge in [-0.2, -0.15) is 0 Å². The quantitative estimate of drug-likeness (QED) is 0.0319. The first kappa shape index (κ1) is 45.1. The van der Waals surface area contributed by atoms with Gasteiger partial charge in [0.1, 0.15) is 0 Å². The summed E-state index contributed by atoms with van der Waals surface area (Å²) in [5.74, 6) is 0. The fraction of sp³-hybridized carbons (Fsp3) is 1.00. The number of aliphatic hydroxyl groups excluding tert-OH is 3. The Balaban J connectivity index is 0. The lowest BCUT2D eigenvalue weighted by Gasteiger charge is -2.43. The van der Waals surface area contributed by atoms with Crippen LogP contribution in [0.2, 0.25) is 0 Å². The monoisotopic (exact) mass is 640 g/mol. The molecule has 0 heterocycles. The van der Waals surface area contributed by atoms with Crippen LogP contribution in [-0.2, 0) is 4.57 Å². The number of hydrogen-bond acceptors (Lipinski definition) is 5. The van der Waals surface area contributed by atoms with E-state index < -0.39 is 7.82 Å². The molecule has 0 radical (unpaired) electrons. The molecule has 0 fully saturated rings. The minimum atomic E-state index is -4.64. The molecule has 0 amide bonds. The Labute approximate surface area is 266 Å². The van der Waals surface area contributed by atoms with Crippen LogP contribution in [0.3, 0.4) is 0 Å². The van der Waals surface area contributed by atoms with Crippen LogP contribution in [0, 0.1) is 0 Å². The van der Waals surface area contributed by atoms with E-state index >= 15 is 0 Å². The highest BCUT2D eigenvalue weighted by atomic mass is 31.2. The van der Waals surface area contributed by atoms with Gasteiger partial charge in [0.25, 0.3) is 0 Å². The van der Waals surface area contributed by atoms with Crippen molar-refractivity contribution in [2.75, 3.05) is 32.9 Å². The van der Waals surface area contributed by atoms with Crippen LogP contribution in [0.15, 0.2) is 0 Å². The minimum absolute atomic E-state index is 0.0820. The summed E-state index contributed by atoms with van der Waals surface area (Å²) in [6.45, 7) is 5.93. The second kappa shape index (κ2) is 33.3. The molecule has 8 nitrogen and oxygen atoms in total. The van der Waals surface area contributed by atoms with E-state index in [1.807, 2.05) is 0 Å². The second-order valence-corrected chi connectivity index (χ2v) is 13.6. The fourth-order valence-electron chi connectivity index (χ4n) is 6.12. The Morgan fingerprint density at radius 2 is 0.698 bits per heavy atom. The normalized spacial score (nSPS) is 12.1. The highest BCUT2D eigenvalue weighted by Gasteiger charge is 2.34. The third-order valence-corrected chi connectivity index (χ3v) is 8.70. The Bertz CT molecular complexity index is 549. The molecule has 0 aliphatic carbocycles. The molecule has 0 rings (SSSR count). The van der Waals surface area contributed by atoms with Gasteiger partial charge in [-0.05, 0) is 12.8 Å². The van der Waals surface area contributed by atoms with Crippen molar-refractivity contribution in [3.63, 3.8) is 0 Å². The molecule has 0 saturated heterocycles. The zero-order valence-corrected chi connectivity index (χ0v) is 29.3. The third-order valence-electron chi connectivity index (χ3n) is 8.70. The molecular formula is C34H74NO7P.